The first-order valence-electron chi connectivity index (χ1n) is 6.88. The van der Waals surface area contributed by atoms with E-state index in [9.17, 15) is 4.79 Å². The number of thioether (sulfide) groups is 1. The Kier molecular flexibility index (Phi) is 6.72. The van der Waals surface area contributed by atoms with E-state index in [4.69, 9.17) is 11.2 Å². The number of amides is 1. The Labute approximate surface area is 143 Å². The fourth-order valence-electron chi connectivity index (χ4n) is 1.61. The summed E-state index contributed by atoms with van der Waals surface area (Å²) in [5.41, 5.74) is 0.828. The fraction of sp³-hybridized carbons (Fsp3) is 0.267. The van der Waals surface area contributed by atoms with Crippen LogP contribution in [0.4, 0.5) is 10.8 Å². The van der Waals surface area contributed by atoms with E-state index in [1.54, 1.807) is 0 Å². The van der Waals surface area contributed by atoms with Gasteiger partial charge in [0.25, 0.3) is 0 Å². The second-order valence-corrected chi connectivity index (χ2v) is 6.40. The Hall–Kier alpha value is -2.24. The van der Waals surface area contributed by atoms with Crippen LogP contribution in [0.2, 0.25) is 0 Å². The summed E-state index contributed by atoms with van der Waals surface area (Å²) in [5.74, 6) is 3.24. The van der Waals surface area contributed by atoms with E-state index >= 15 is 0 Å². The molecule has 0 spiro atoms. The molecule has 0 atom stereocenters. The largest absolute Gasteiger partial charge is 0.492 e. The van der Waals surface area contributed by atoms with Crippen LogP contribution in [0.25, 0.3) is 0 Å². The van der Waals surface area contributed by atoms with Gasteiger partial charge in [0.15, 0.2) is 4.34 Å². The number of carbonyl (C=O) groups excluding carboxylic acids is 1. The molecule has 6 nitrogen and oxygen atoms in total. The minimum atomic E-state index is -0.126. The molecule has 0 aliphatic heterocycles. The van der Waals surface area contributed by atoms with Crippen molar-refractivity contribution in [3.63, 3.8) is 0 Å². The van der Waals surface area contributed by atoms with Crippen molar-refractivity contribution in [1.82, 2.24) is 15.5 Å². The molecule has 1 heterocycles. The lowest BCUT2D eigenvalue weighted by Gasteiger charge is -2.09. The van der Waals surface area contributed by atoms with Crippen molar-refractivity contribution in [2.45, 2.75) is 11.3 Å². The van der Waals surface area contributed by atoms with Gasteiger partial charge in [-0.05, 0) is 19.1 Å². The average Bonchev–Trinajstić information content (AvgIpc) is 3.00. The Bertz CT molecular complexity index is 697. The zero-order valence-corrected chi connectivity index (χ0v) is 14.2. The normalized spacial score (nSPS) is 9.91. The zero-order chi connectivity index (χ0) is 16.5. The Morgan fingerprint density at radius 2 is 2.26 bits per heavy atom. The van der Waals surface area contributed by atoms with Crippen molar-refractivity contribution in [3.05, 3.63) is 24.3 Å². The summed E-state index contributed by atoms with van der Waals surface area (Å²) in [6.07, 6.45) is 5.08. The number of nitrogens with zero attached hydrogens (tertiary/aromatic N) is 2. The SMILES string of the molecule is C#CCNC(=O)CSc1nnc(Nc2ccccc2OCC)s1. The lowest BCUT2D eigenvalue weighted by Crippen LogP contribution is -2.25. The molecular weight excluding hydrogens is 332 g/mol. The topological polar surface area (TPSA) is 76.1 Å². The van der Waals surface area contributed by atoms with Gasteiger partial charge in [-0.1, -0.05) is 41.2 Å². The third-order valence-electron chi connectivity index (χ3n) is 2.55. The summed E-state index contributed by atoms with van der Waals surface area (Å²) in [7, 11) is 0. The minimum absolute atomic E-state index is 0.126. The van der Waals surface area contributed by atoms with E-state index in [0.717, 1.165) is 11.4 Å². The number of nitrogens with one attached hydrogen (secondary N) is 2. The number of benzene rings is 1. The standard InChI is InChI=1S/C15H16N4O2S2/c1-3-9-16-13(20)10-22-15-19-18-14(23-15)17-11-7-5-6-8-12(11)21-4-2/h1,5-8H,4,9-10H2,2H3,(H,16,20)(H,17,18). The van der Waals surface area contributed by atoms with E-state index in [-0.39, 0.29) is 18.2 Å². The highest BCUT2D eigenvalue weighted by Crippen LogP contribution is 2.31. The highest BCUT2D eigenvalue weighted by molar-refractivity contribution is 8.01. The van der Waals surface area contributed by atoms with Crippen LogP contribution in [0.5, 0.6) is 5.75 Å². The third kappa shape index (κ3) is 5.47. The molecule has 0 fully saturated rings. The van der Waals surface area contributed by atoms with Gasteiger partial charge in [-0.25, -0.2) is 0 Å². The van der Waals surface area contributed by atoms with Crippen LogP contribution in [0.3, 0.4) is 0 Å². The van der Waals surface area contributed by atoms with E-state index < -0.39 is 0 Å². The molecule has 0 saturated heterocycles. The van der Waals surface area contributed by atoms with Crippen molar-refractivity contribution in [3.8, 4) is 18.1 Å². The van der Waals surface area contributed by atoms with Crippen LogP contribution in [-0.2, 0) is 4.79 Å². The van der Waals surface area contributed by atoms with Gasteiger partial charge in [0.1, 0.15) is 5.75 Å². The zero-order valence-electron chi connectivity index (χ0n) is 12.5. The number of hydrogen-bond donors (Lipinski definition) is 2. The maximum absolute atomic E-state index is 11.5. The number of rotatable bonds is 8. The molecule has 0 radical (unpaired) electrons. The van der Waals surface area contributed by atoms with Gasteiger partial charge in [-0.2, -0.15) is 0 Å². The van der Waals surface area contributed by atoms with Gasteiger partial charge in [-0.15, -0.1) is 16.6 Å². The summed E-state index contributed by atoms with van der Waals surface area (Å²) in [4.78, 5) is 11.5. The quantitative estimate of drug-likeness (QED) is 0.564. The van der Waals surface area contributed by atoms with Crippen LogP contribution in [0.1, 0.15) is 6.92 Å². The lowest BCUT2D eigenvalue weighted by atomic mass is 10.3. The number of para-hydroxylation sites is 2. The fourth-order valence-corrected chi connectivity index (χ4v) is 3.21. The molecule has 0 aliphatic rings. The molecule has 1 aromatic carbocycles. The van der Waals surface area contributed by atoms with Crippen molar-refractivity contribution in [2.75, 3.05) is 24.2 Å². The van der Waals surface area contributed by atoms with Gasteiger partial charge in [-0.3, -0.25) is 4.79 Å². The molecule has 1 amide bonds. The molecule has 1 aromatic heterocycles. The molecule has 0 unspecified atom stereocenters. The smallest absolute Gasteiger partial charge is 0.231 e. The summed E-state index contributed by atoms with van der Waals surface area (Å²) in [5, 5.41) is 14.5. The molecule has 8 heteroatoms. The molecule has 0 bridgehead atoms. The monoisotopic (exact) mass is 348 g/mol. The number of anilines is 2. The number of ether oxygens (including phenoxy) is 1. The molecule has 2 N–H and O–H groups in total. The Morgan fingerprint density at radius 1 is 1.43 bits per heavy atom. The second kappa shape index (κ2) is 9.02. The highest BCUT2D eigenvalue weighted by Gasteiger charge is 2.09. The van der Waals surface area contributed by atoms with Crippen LogP contribution >= 0.6 is 23.1 Å². The van der Waals surface area contributed by atoms with Gasteiger partial charge in [0.05, 0.1) is 24.6 Å². The van der Waals surface area contributed by atoms with Gasteiger partial charge >= 0.3 is 0 Å². The van der Waals surface area contributed by atoms with Gasteiger partial charge < -0.3 is 15.4 Å². The van der Waals surface area contributed by atoms with Crippen molar-refractivity contribution in [2.24, 2.45) is 0 Å². The maximum Gasteiger partial charge on any atom is 0.231 e. The predicted octanol–water partition coefficient (Wildman–Crippen LogP) is 2.52. The first-order chi connectivity index (χ1) is 11.2. The molecule has 0 saturated carbocycles. The molecule has 2 rings (SSSR count). The van der Waals surface area contributed by atoms with Gasteiger partial charge in [0, 0.05) is 0 Å². The Morgan fingerprint density at radius 3 is 3.04 bits per heavy atom. The lowest BCUT2D eigenvalue weighted by molar-refractivity contribution is -0.118. The predicted molar refractivity (Wildman–Crippen MR) is 93.4 cm³/mol. The van der Waals surface area contributed by atoms with E-state index in [1.807, 2.05) is 31.2 Å². The number of carbonyl (C=O) groups is 1. The Balaban J connectivity index is 1.92. The number of hydrogen-bond acceptors (Lipinski definition) is 7. The molecule has 120 valence electrons. The average molecular weight is 348 g/mol. The molecule has 2 aromatic rings. The van der Waals surface area contributed by atoms with Crippen LogP contribution < -0.4 is 15.4 Å². The summed E-state index contributed by atoms with van der Waals surface area (Å²) in [6, 6.07) is 7.62. The highest BCUT2D eigenvalue weighted by atomic mass is 32.2. The second-order valence-electron chi connectivity index (χ2n) is 4.20. The molecule has 23 heavy (non-hydrogen) atoms. The van der Waals surface area contributed by atoms with Crippen molar-refractivity contribution in [1.29, 1.82) is 0 Å². The van der Waals surface area contributed by atoms with Crippen molar-refractivity contribution >= 4 is 39.8 Å². The van der Waals surface area contributed by atoms with Crippen LogP contribution in [-0.4, -0.2) is 35.0 Å². The van der Waals surface area contributed by atoms with E-state index in [1.165, 1.54) is 23.1 Å². The number of aromatic nitrogens is 2. The molecule has 0 aliphatic carbocycles. The number of terminal acetylenes is 1. The third-order valence-corrected chi connectivity index (χ3v) is 4.52. The summed E-state index contributed by atoms with van der Waals surface area (Å²) >= 11 is 2.69. The first-order valence-corrected chi connectivity index (χ1v) is 8.68. The minimum Gasteiger partial charge on any atom is -0.492 e. The van der Waals surface area contributed by atoms with Crippen LogP contribution in [0, 0.1) is 12.3 Å². The van der Waals surface area contributed by atoms with Gasteiger partial charge in [0.2, 0.25) is 11.0 Å². The first kappa shape index (κ1) is 17.1. The van der Waals surface area contributed by atoms with Crippen molar-refractivity contribution < 1.29 is 9.53 Å². The van der Waals surface area contributed by atoms with E-state index in [2.05, 4.69) is 26.8 Å². The molecular formula is C15H16N4O2S2. The maximum atomic E-state index is 11.5. The summed E-state index contributed by atoms with van der Waals surface area (Å²) in [6.45, 7) is 2.75. The summed E-state index contributed by atoms with van der Waals surface area (Å²) < 4.78 is 6.26. The van der Waals surface area contributed by atoms with E-state index in [0.29, 0.717) is 16.1 Å². The van der Waals surface area contributed by atoms with Crippen LogP contribution in [0.15, 0.2) is 28.6 Å².